The summed E-state index contributed by atoms with van der Waals surface area (Å²) in [5.41, 5.74) is 0.265. The lowest BCUT2D eigenvalue weighted by Crippen LogP contribution is -2.39. The fourth-order valence-corrected chi connectivity index (χ4v) is 4.72. The highest BCUT2D eigenvalue weighted by atomic mass is 35.5. The number of carbonyl (C=O) groups is 1. The van der Waals surface area contributed by atoms with Crippen LogP contribution in [0.4, 0.5) is 26.3 Å². The summed E-state index contributed by atoms with van der Waals surface area (Å²) in [6.45, 7) is 1.41. The Morgan fingerprint density at radius 1 is 1.06 bits per heavy atom. The fourth-order valence-electron chi connectivity index (χ4n) is 2.99. The highest BCUT2D eigenvalue weighted by Gasteiger charge is 2.39. The highest BCUT2D eigenvalue weighted by Crippen LogP contribution is 2.41. The second-order valence-corrected chi connectivity index (χ2v) is 10.2. The molecule has 0 aliphatic heterocycles. The van der Waals surface area contributed by atoms with E-state index in [1.54, 1.807) is 0 Å². The van der Waals surface area contributed by atoms with Gasteiger partial charge in [0.1, 0.15) is 5.75 Å². The molecule has 3 atom stereocenters. The van der Waals surface area contributed by atoms with E-state index in [0.29, 0.717) is 5.56 Å². The third kappa shape index (κ3) is 9.42. The van der Waals surface area contributed by atoms with Crippen LogP contribution in [0.5, 0.6) is 0 Å². The Balaban J connectivity index is 2.09. The van der Waals surface area contributed by atoms with E-state index < -0.39 is 47.1 Å². The number of hydrogen-bond acceptors (Lipinski definition) is 2. The Hall–Kier alpha value is -1.59. The normalized spacial score (nSPS) is 15.2. The Kier molecular flexibility index (Phi) is 10.2. The van der Waals surface area contributed by atoms with Crippen LogP contribution < -0.4 is 5.32 Å². The van der Waals surface area contributed by atoms with E-state index in [1.807, 2.05) is 0 Å². The van der Waals surface area contributed by atoms with Crippen molar-refractivity contribution >= 4 is 58.0 Å². The van der Waals surface area contributed by atoms with E-state index in [-0.39, 0.29) is 31.9 Å². The minimum atomic E-state index is -4.65. The van der Waals surface area contributed by atoms with Crippen LogP contribution in [-0.2, 0) is 11.2 Å². The molecule has 0 radical (unpaired) electrons. The lowest BCUT2D eigenvalue weighted by atomic mass is 9.97. The smallest absolute Gasteiger partial charge is 0.433 e. The molecule has 3 unspecified atom stereocenters. The number of benzene rings is 2. The number of halogens is 9. The minimum Gasteiger partial charge on any atom is -0.616 e. The predicted molar refractivity (Wildman–Crippen MR) is 127 cm³/mol. The maximum Gasteiger partial charge on any atom is 0.433 e. The van der Waals surface area contributed by atoms with Gasteiger partial charge in [0.25, 0.3) is 5.91 Å². The number of hydrogen-bond donors (Lipinski definition) is 1. The molecule has 0 aliphatic carbocycles. The maximum absolute atomic E-state index is 13.6. The number of carbonyl (C=O) groups excluding carboxylic acids is 1. The van der Waals surface area contributed by atoms with Gasteiger partial charge in [-0.3, -0.25) is 4.79 Å². The Morgan fingerprint density at radius 2 is 1.60 bits per heavy atom. The van der Waals surface area contributed by atoms with Crippen LogP contribution in [0.3, 0.4) is 0 Å². The van der Waals surface area contributed by atoms with Crippen LogP contribution >= 0.6 is 34.8 Å². The van der Waals surface area contributed by atoms with Gasteiger partial charge in [-0.15, -0.1) is 0 Å². The molecule has 13 heteroatoms. The molecule has 2 aromatic carbocycles. The molecule has 192 valence electrons. The van der Waals surface area contributed by atoms with Gasteiger partial charge in [-0.05, 0) is 53.5 Å². The average Bonchev–Trinajstić information content (AvgIpc) is 2.69. The number of amides is 1. The third-order valence-electron chi connectivity index (χ3n) is 4.51. The van der Waals surface area contributed by atoms with Crippen molar-refractivity contribution in [2.45, 2.75) is 31.2 Å². The van der Waals surface area contributed by atoms with Crippen molar-refractivity contribution in [1.29, 1.82) is 0 Å². The zero-order valence-corrected chi connectivity index (χ0v) is 20.9. The van der Waals surface area contributed by atoms with Crippen molar-refractivity contribution in [3.63, 3.8) is 0 Å². The molecule has 2 rings (SSSR count). The molecule has 3 nitrogen and oxygen atoms in total. The molecule has 2 aromatic rings. The molecule has 1 N–H and O–H groups in total. The number of nitrogens with one attached hydrogen (secondary N) is 1. The topological polar surface area (TPSA) is 52.2 Å². The molecule has 0 saturated carbocycles. The third-order valence-corrected chi connectivity index (χ3v) is 7.23. The van der Waals surface area contributed by atoms with E-state index >= 15 is 0 Å². The van der Waals surface area contributed by atoms with E-state index in [9.17, 15) is 35.7 Å². The highest BCUT2D eigenvalue weighted by molar-refractivity contribution is 7.91. The standard InChI is InChI=1S/C22H18Cl3F6NO2S/c1-12(10-35(34)11-21(26,27)28)32-20(33)14-5-2-13(3-6-14)4-7-16(22(29,30)31)15-8-17(23)19(25)18(24)9-15/h2-9,12,16H,10-11H2,1H3,(H,32,33)/b7-4+. The molecular formula is C22H18Cl3F6NO2S. The summed E-state index contributed by atoms with van der Waals surface area (Å²) in [5.74, 6) is -4.52. The van der Waals surface area contributed by atoms with Gasteiger partial charge < -0.3 is 9.87 Å². The predicted octanol–water partition coefficient (Wildman–Crippen LogP) is 7.44. The summed E-state index contributed by atoms with van der Waals surface area (Å²) in [6, 6.07) is 6.83. The van der Waals surface area contributed by atoms with Gasteiger partial charge in [-0.25, -0.2) is 0 Å². The van der Waals surface area contributed by atoms with Crippen molar-refractivity contribution < 1.29 is 35.7 Å². The van der Waals surface area contributed by atoms with Crippen molar-refractivity contribution in [1.82, 2.24) is 5.32 Å². The fraction of sp³-hybridized carbons (Fsp3) is 0.318. The van der Waals surface area contributed by atoms with E-state index in [0.717, 1.165) is 18.2 Å². The summed E-state index contributed by atoms with van der Waals surface area (Å²) in [4.78, 5) is 12.3. The molecular weight excluding hydrogens is 563 g/mol. The van der Waals surface area contributed by atoms with E-state index in [2.05, 4.69) is 5.32 Å². The first kappa shape index (κ1) is 29.6. The summed E-state index contributed by atoms with van der Waals surface area (Å²) in [7, 11) is 0. The molecule has 0 aromatic heterocycles. The number of allylic oxidation sites excluding steroid dienone is 1. The molecule has 0 spiro atoms. The molecule has 0 saturated heterocycles. The van der Waals surface area contributed by atoms with Gasteiger partial charge in [0, 0.05) is 5.56 Å². The van der Waals surface area contributed by atoms with E-state index in [1.165, 1.54) is 37.3 Å². The summed E-state index contributed by atoms with van der Waals surface area (Å²) in [6.07, 6.45) is -7.11. The van der Waals surface area contributed by atoms with Crippen LogP contribution in [0.2, 0.25) is 15.1 Å². The average molecular weight is 581 g/mol. The summed E-state index contributed by atoms with van der Waals surface area (Å²) in [5, 5.41) is 2.14. The van der Waals surface area contributed by atoms with Crippen molar-refractivity contribution in [3.8, 4) is 0 Å². The molecule has 1 amide bonds. The van der Waals surface area contributed by atoms with Gasteiger partial charge in [0.15, 0.2) is 0 Å². The maximum atomic E-state index is 13.6. The molecule has 0 bridgehead atoms. The summed E-state index contributed by atoms with van der Waals surface area (Å²) < 4.78 is 89.3. The largest absolute Gasteiger partial charge is 0.616 e. The number of rotatable bonds is 8. The second kappa shape index (κ2) is 12.1. The zero-order chi connectivity index (χ0) is 26.6. The Bertz CT molecular complexity index is 1040. The molecule has 0 aliphatic rings. The van der Waals surface area contributed by atoms with E-state index in [4.69, 9.17) is 34.8 Å². The molecule has 35 heavy (non-hydrogen) atoms. The van der Waals surface area contributed by atoms with Crippen LogP contribution in [0.25, 0.3) is 6.08 Å². The van der Waals surface area contributed by atoms with Crippen LogP contribution in [0.15, 0.2) is 42.5 Å². The first-order valence-electron chi connectivity index (χ1n) is 9.79. The monoisotopic (exact) mass is 579 g/mol. The van der Waals surface area contributed by atoms with Crippen LogP contribution in [0, 0.1) is 0 Å². The van der Waals surface area contributed by atoms with Gasteiger partial charge >= 0.3 is 12.4 Å². The van der Waals surface area contributed by atoms with Gasteiger partial charge in [0.2, 0.25) is 5.75 Å². The minimum absolute atomic E-state index is 0.0586. The molecule has 0 fully saturated rings. The Morgan fingerprint density at radius 3 is 2.09 bits per heavy atom. The van der Waals surface area contributed by atoms with Crippen molar-refractivity contribution in [3.05, 3.63) is 74.2 Å². The first-order chi connectivity index (χ1) is 16.1. The Labute approximate surface area is 215 Å². The quantitative estimate of drug-likeness (QED) is 0.201. The lowest BCUT2D eigenvalue weighted by Gasteiger charge is -2.18. The lowest BCUT2D eigenvalue weighted by molar-refractivity contribution is -0.139. The molecule has 0 heterocycles. The van der Waals surface area contributed by atoms with Gasteiger partial charge in [-0.1, -0.05) is 59.1 Å². The first-order valence-corrected chi connectivity index (χ1v) is 12.4. The van der Waals surface area contributed by atoms with Crippen LogP contribution in [0.1, 0.15) is 34.3 Å². The van der Waals surface area contributed by atoms with Gasteiger partial charge in [0.05, 0.1) is 27.0 Å². The van der Waals surface area contributed by atoms with Gasteiger partial charge in [-0.2, -0.15) is 26.3 Å². The second-order valence-electron chi connectivity index (χ2n) is 7.54. The summed E-state index contributed by atoms with van der Waals surface area (Å²) >= 11 is 15.3. The van der Waals surface area contributed by atoms with Crippen molar-refractivity contribution in [2.24, 2.45) is 0 Å². The SMILES string of the molecule is CC(C[S+]([O-])CC(F)(F)F)NC(=O)c1ccc(/C=C/C(c2cc(Cl)c(Cl)c(Cl)c2)C(F)(F)F)cc1. The zero-order valence-electron chi connectivity index (χ0n) is 17.8. The number of alkyl halides is 6. The van der Waals surface area contributed by atoms with Crippen molar-refractivity contribution in [2.75, 3.05) is 11.5 Å². The van der Waals surface area contributed by atoms with Crippen LogP contribution in [-0.4, -0.2) is 40.4 Å².